The molecule has 18 heavy (non-hydrogen) atoms. The quantitative estimate of drug-likeness (QED) is 0.806. The van der Waals surface area contributed by atoms with E-state index in [2.05, 4.69) is 50.4 Å². The van der Waals surface area contributed by atoms with Crippen LogP contribution in [0.15, 0.2) is 42.5 Å². The molecule has 2 rings (SSSR count). The zero-order chi connectivity index (χ0) is 13.1. The zero-order valence-corrected chi connectivity index (χ0v) is 11.8. The highest BCUT2D eigenvalue weighted by Crippen LogP contribution is 2.25. The molecule has 0 aliphatic heterocycles. The molecule has 0 radical (unpaired) electrons. The third kappa shape index (κ3) is 3.05. The van der Waals surface area contributed by atoms with E-state index in [4.69, 9.17) is 11.6 Å². The average Bonchev–Trinajstić information content (AvgIpc) is 2.34. The normalized spacial score (nSPS) is 12.2. The Labute approximate surface area is 114 Å². The van der Waals surface area contributed by atoms with Crippen molar-refractivity contribution in [3.8, 4) is 0 Å². The minimum absolute atomic E-state index is 0.266. The van der Waals surface area contributed by atoms with E-state index in [1.165, 1.54) is 16.7 Å². The first-order valence-electron chi connectivity index (χ1n) is 6.15. The molecule has 0 saturated heterocycles. The number of halogens is 1. The molecule has 0 saturated carbocycles. The lowest BCUT2D eigenvalue weighted by Gasteiger charge is -2.18. The van der Waals surface area contributed by atoms with Gasteiger partial charge in [-0.05, 0) is 44.0 Å². The van der Waals surface area contributed by atoms with Crippen molar-refractivity contribution in [2.24, 2.45) is 0 Å². The maximum atomic E-state index is 6.03. The Morgan fingerprint density at radius 2 is 1.83 bits per heavy atom. The summed E-state index contributed by atoms with van der Waals surface area (Å²) in [5.74, 6) is 0. The minimum atomic E-state index is 0.266. The van der Waals surface area contributed by atoms with Gasteiger partial charge in [0.25, 0.3) is 0 Å². The van der Waals surface area contributed by atoms with E-state index in [1.54, 1.807) is 0 Å². The fourth-order valence-corrected chi connectivity index (χ4v) is 2.18. The van der Waals surface area contributed by atoms with Gasteiger partial charge >= 0.3 is 0 Å². The van der Waals surface area contributed by atoms with E-state index >= 15 is 0 Å². The number of anilines is 1. The Bertz CT molecular complexity index is 549. The lowest BCUT2D eigenvalue weighted by atomic mass is 10.0. The third-order valence-electron chi connectivity index (χ3n) is 3.11. The molecule has 1 nitrogen and oxygen atoms in total. The van der Waals surface area contributed by atoms with Gasteiger partial charge in [-0.2, -0.15) is 0 Å². The summed E-state index contributed by atoms with van der Waals surface area (Å²) in [4.78, 5) is 0. The van der Waals surface area contributed by atoms with Crippen LogP contribution in [0.25, 0.3) is 0 Å². The van der Waals surface area contributed by atoms with E-state index in [9.17, 15) is 0 Å². The van der Waals surface area contributed by atoms with E-state index in [0.29, 0.717) is 0 Å². The number of aryl methyl sites for hydroxylation is 2. The van der Waals surface area contributed by atoms with Gasteiger partial charge in [0.2, 0.25) is 0 Å². The van der Waals surface area contributed by atoms with Crippen molar-refractivity contribution in [2.75, 3.05) is 5.32 Å². The molecule has 0 spiro atoms. The summed E-state index contributed by atoms with van der Waals surface area (Å²) in [6, 6.07) is 14.7. The minimum Gasteiger partial charge on any atom is -0.378 e. The number of hydrogen-bond donors (Lipinski definition) is 1. The van der Waals surface area contributed by atoms with Crippen LogP contribution in [-0.2, 0) is 0 Å². The second-order valence-electron chi connectivity index (χ2n) is 4.74. The predicted molar refractivity (Wildman–Crippen MR) is 79.4 cm³/mol. The molecule has 2 aromatic carbocycles. The Kier molecular flexibility index (Phi) is 3.93. The first-order valence-corrected chi connectivity index (χ1v) is 6.53. The van der Waals surface area contributed by atoms with Gasteiger partial charge in [-0.3, -0.25) is 0 Å². The molecule has 0 aliphatic carbocycles. The first kappa shape index (κ1) is 13.0. The third-order valence-corrected chi connectivity index (χ3v) is 3.35. The van der Waals surface area contributed by atoms with Gasteiger partial charge in [-0.1, -0.05) is 47.5 Å². The lowest BCUT2D eigenvalue weighted by molar-refractivity contribution is 0.881. The number of rotatable bonds is 3. The first-order chi connectivity index (χ1) is 8.56. The molecule has 2 aromatic rings. The smallest absolute Gasteiger partial charge is 0.0485 e. The molecule has 0 amide bonds. The van der Waals surface area contributed by atoms with E-state index in [-0.39, 0.29) is 6.04 Å². The van der Waals surface area contributed by atoms with Gasteiger partial charge in [0.05, 0.1) is 0 Å². The molecule has 0 fully saturated rings. The van der Waals surface area contributed by atoms with E-state index in [1.807, 2.05) is 18.2 Å². The fraction of sp³-hybridized carbons (Fsp3) is 0.250. The van der Waals surface area contributed by atoms with Gasteiger partial charge in [0, 0.05) is 16.8 Å². The molecule has 1 atom stereocenters. The summed E-state index contributed by atoms with van der Waals surface area (Å²) in [5.41, 5.74) is 4.87. The summed E-state index contributed by atoms with van der Waals surface area (Å²) in [7, 11) is 0. The molecule has 0 aromatic heterocycles. The molecular weight excluding hydrogens is 242 g/mol. The monoisotopic (exact) mass is 259 g/mol. The number of nitrogens with one attached hydrogen (secondary N) is 1. The van der Waals surface area contributed by atoms with E-state index < -0.39 is 0 Å². The van der Waals surface area contributed by atoms with Crippen LogP contribution in [-0.4, -0.2) is 0 Å². The fourth-order valence-electron chi connectivity index (χ4n) is 2.01. The number of benzene rings is 2. The van der Waals surface area contributed by atoms with Crippen LogP contribution in [0.4, 0.5) is 5.69 Å². The molecule has 1 unspecified atom stereocenters. The van der Waals surface area contributed by atoms with Crippen LogP contribution in [0.1, 0.15) is 29.7 Å². The summed E-state index contributed by atoms with van der Waals surface area (Å²) in [6.45, 7) is 6.36. The molecule has 0 bridgehead atoms. The molecule has 0 heterocycles. The number of hydrogen-bond acceptors (Lipinski definition) is 1. The molecule has 2 heteroatoms. The average molecular weight is 260 g/mol. The van der Waals surface area contributed by atoms with Crippen molar-refractivity contribution in [3.63, 3.8) is 0 Å². The SMILES string of the molecule is Cc1cccc(C(C)Nc2cc(Cl)ccc2C)c1. The molecule has 1 N–H and O–H groups in total. The highest BCUT2D eigenvalue weighted by atomic mass is 35.5. The van der Waals surface area contributed by atoms with Gasteiger partial charge in [0.1, 0.15) is 0 Å². The van der Waals surface area contributed by atoms with Crippen molar-refractivity contribution in [2.45, 2.75) is 26.8 Å². The Hall–Kier alpha value is -1.47. The van der Waals surface area contributed by atoms with Crippen molar-refractivity contribution < 1.29 is 0 Å². The van der Waals surface area contributed by atoms with Crippen LogP contribution in [0, 0.1) is 13.8 Å². The van der Waals surface area contributed by atoms with Crippen molar-refractivity contribution in [1.29, 1.82) is 0 Å². The van der Waals surface area contributed by atoms with Crippen LogP contribution in [0.3, 0.4) is 0 Å². The topological polar surface area (TPSA) is 12.0 Å². The Morgan fingerprint density at radius 1 is 1.06 bits per heavy atom. The lowest BCUT2D eigenvalue weighted by Crippen LogP contribution is -2.07. The second-order valence-corrected chi connectivity index (χ2v) is 5.18. The highest BCUT2D eigenvalue weighted by Gasteiger charge is 2.07. The maximum absolute atomic E-state index is 6.03. The van der Waals surface area contributed by atoms with Crippen LogP contribution < -0.4 is 5.32 Å². The molecule has 0 aliphatic rings. The zero-order valence-electron chi connectivity index (χ0n) is 11.0. The van der Waals surface area contributed by atoms with Crippen molar-refractivity contribution in [3.05, 3.63) is 64.2 Å². The van der Waals surface area contributed by atoms with Gasteiger partial charge in [0.15, 0.2) is 0 Å². The standard InChI is InChI=1S/C16H18ClN/c1-11-5-4-6-14(9-11)13(3)18-16-10-15(17)8-7-12(16)2/h4-10,13,18H,1-3H3. The van der Waals surface area contributed by atoms with Crippen LogP contribution >= 0.6 is 11.6 Å². The van der Waals surface area contributed by atoms with Gasteiger partial charge in [-0.25, -0.2) is 0 Å². The summed E-state index contributed by atoms with van der Waals surface area (Å²) >= 11 is 6.03. The maximum Gasteiger partial charge on any atom is 0.0485 e. The van der Waals surface area contributed by atoms with Crippen molar-refractivity contribution >= 4 is 17.3 Å². The Morgan fingerprint density at radius 3 is 2.56 bits per heavy atom. The Balaban J connectivity index is 2.21. The largest absolute Gasteiger partial charge is 0.378 e. The van der Waals surface area contributed by atoms with Gasteiger partial charge in [-0.15, -0.1) is 0 Å². The summed E-state index contributed by atoms with van der Waals surface area (Å²) < 4.78 is 0. The molecular formula is C16H18ClN. The highest BCUT2D eigenvalue weighted by molar-refractivity contribution is 6.30. The van der Waals surface area contributed by atoms with E-state index in [0.717, 1.165) is 10.7 Å². The van der Waals surface area contributed by atoms with Crippen LogP contribution in [0.5, 0.6) is 0 Å². The molecule has 94 valence electrons. The van der Waals surface area contributed by atoms with Crippen molar-refractivity contribution in [1.82, 2.24) is 0 Å². The predicted octanol–water partition coefficient (Wildman–Crippen LogP) is 5.13. The van der Waals surface area contributed by atoms with Crippen LogP contribution in [0.2, 0.25) is 5.02 Å². The van der Waals surface area contributed by atoms with Gasteiger partial charge < -0.3 is 5.32 Å². The summed E-state index contributed by atoms with van der Waals surface area (Å²) in [6.07, 6.45) is 0. The summed E-state index contributed by atoms with van der Waals surface area (Å²) in [5, 5.41) is 4.27. The second kappa shape index (κ2) is 5.45.